The predicted octanol–water partition coefficient (Wildman–Crippen LogP) is -0.162. The van der Waals surface area contributed by atoms with Crippen molar-refractivity contribution < 1.29 is 14.6 Å². The lowest BCUT2D eigenvalue weighted by Crippen LogP contribution is -2.57. The second kappa shape index (κ2) is 3.03. The summed E-state index contributed by atoms with van der Waals surface area (Å²) in [6, 6.07) is 0.591. The van der Waals surface area contributed by atoms with Crippen molar-refractivity contribution in [2.45, 2.75) is 24.9 Å². The van der Waals surface area contributed by atoms with Gasteiger partial charge < -0.3 is 15.2 Å². The molecule has 0 bridgehead atoms. The number of carboxylic acids is 1. The van der Waals surface area contributed by atoms with Gasteiger partial charge in [0.1, 0.15) is 0 Å². The van der Waals surface area contributed by atoms with Gasteiger partial charge >= 0.3 is 5.97 Å². The average molecular weight is 171 g/mol. The maximum Gasteiger partial charge on any atom is 0.308 e. The van der Waals surface area contributed by atoms with Gasteiger partial charge in [0.15, 0.2) is 0 Å². The lowest BCUT2D eigenvalue weighted by molar-refractivity contribution is -0.146. The van der Waals surface area contributed by atoms with Crippen molar-refractivity contribution in [2.75, 3.05) is 13.2 Å². The monoisotopic (exact) mass is 171 g/mol. The van der Waals surface area contributed by atoms with Gasteiger partial charge in [-0.15, -0.1) is 0 Å². The standard InChI is InChI=1S/C8H13NO3/c10-8(11)6-1-2-7(6)9-5-3-12-4-5/h5-7,9H,1-4H2,(H,10,11). The largest absolute Gasteiger partial charge is 0.481 e. The molecule has 1 aliphatic carbocycles. The molecule has 2 fully saturated rings. The Bertz CT molecular complexity index is 191. The fourth-order valence-electron chi connectivity index (χ4n) is 1.63. The molecule has 2 unspecified atom stereocenters. The molecule has 2 aliphatic rings. The summed E-state index contributed by atoms with van der Waals surface area (Å²) < 4.78 is 4.99. The van der Waals surface area contributed by atoms with Gasteiger partial charge in [0.25, 0.3) is 0 Å². The first-order chi connectivity index (χ1) is 5.77. The molecule has 0 spiro atoms. The zero-order chi connectivity index (χ0) is 8.55. The molecule has 68 valence electrons. The van der Waals surface area contributed by atoms with Gasteiger partial charge in [-0.25, -0.2) is 0 Å². The number of ether oxygens (including phenoxy) is 1. The first kappa shape index (κ1) is 8.01. The zero-order valence-corrected chi connectivity index (χ0v) is 6.82. The molecule has 0 aromatic rings. The molecular formula is C8H13NO3. The van der Waals surface area contributed by atoms with E-state index in [1.807, 2.05) is 0 Å². The first-order valence-electron chi connectivity index (χ1n) is 4.34. The Morgan fingerprint density at radius 3 is 2.50 bits per heavy atom. The molecule has 0 aromatic heterocycles. The second-order valence-corrected chi connectivity index (χ2v) is 3.53. The molecule has 0 radical (unpaired) electrons. The summed E-state index contributed by atoms with van der Waals surface area (Å²) in [4.78, 5) is 10.6. The van der Waals surface area contributed by atoms with Crippen LogP contribution in [0.5, 0.6) is 0 Å². The van der Waals surface area contributed by atoms with Gasteiger partial charge in [0.05, 0.1) is 25.2 Å². The fraction of sp³-hybridized carbons (Fsp3) is 0.875. The number of rotatable bonds is 3. The molecule has 0 amide bonds. The number of carboxylic acid groups (broad SMARTS) is 1. The molecule has 2 rings (SSSR count). The van der Waals surface area contributed by atoms with Crippen molar-refractivity contribution >= 4 is 5.97 Å². The number of carbonyl (C=O) groups is 1. The van der Waals surface area contributed by atoms with Gasteiger partial charge in [-0.3, -0.25) is 4.79 Å². The minimum Gasteiger partial charge on any atom is -0.481 e. The summed E-state index contributed by atoms with van der Waals surface area (Å²) in [5.74, 6) is -0.829. The summed E-state index contributed by atoms with van der Waals surface area (Å²) in [6.45, 7) is 1.48. The minimum atomic E-state index is -0.668. The van der Waals surface area contributed by atoms with E-state index in [0.29, 0.717) is 6.04 Å². The zero-order valence-electron chi connectivity index (χ0n) is 6.82. The summed E-state index contributed by atoms with van der Waals surface area (Å²) in [5.41, 5.74) is 0. The lowest BCUT2D eigenvalue weighted by Gasteiger charge is -2.39. The van der Waals surface area contributed by atoms with Crippen molar-refractivity contribution in [2.24, 2.45) is 5.92 Å². The Kier molecular flexibility index (Phi) is 2.02. The average Bonchev–Trinajstić information content (AvgIpc) is 1.79. The maximum absolute atomic E-state index is 10.6. The third-order valence-corrected chi connectivity index (χ3v) is 2.68. The molecule has 1 heterocycles. The number of nitrogens with one attached hydrogen (secondary N) is 1. The van der Waals surface area contributed by atoms with E-state index in [2.05, 4.69) is 5.32 Å². The SMILES string of the molecule is O=C(O)C1CCC1NC1COC1. The third kappa shape index (κ3) is 1.32. The highest BCUT2D eigenvalue weighted by atomic mass is 16.5. The van der Waals surface area contributed by atoms with Crippen LogP contribution in [0.2, 0.25) is 0 Å². The van der Waals surface area contributed by atoms with E-state index in [9.17, 15) is 4.79 Å². The Labute approximate surface area is 70.9 Å². The van der Waals surface area contributed by atoms with E-state index < -0.39 is 5.97 Å². The van der Waals surface area contributed by atoms with E-state index in [1.165, 1.54) is 0 Å². The van der Waals surface area contributed by atoms with Gasteiger partial charge in [-0.05, 0) is 12.8 Å². The van der Waals surface area contributed by atoms with Crippen molar-refractivity contribution in [3.63, 3.8) is 0 Å². The summed E-state index contributed by atoms with van der Waals surface area (Å²) in [6.07, 6.45) is 1.81. The number of aliphatic carboxylic acids is 1. The maximum atomic E-state index is 10.6. The Morgan fingerprint density at radius 2 is 2.17 bits per heavy atom. The van der Waals surface area contributed by atoms with Gasteiger partial charge in [0.2, 0.25) is 0 Å². The smallest absolute Gasteiger partial charge is 0.308 e. The van der Waals surface area contributed by atoms with Crippen LogP contribution in [-0.2, 0) is 9.53 Å². The van der Waals surface area contributed by atoms with Crippen molar-refractivity contribution in [1.82, 2.24) is 5.32 Å². The van der Waals surface area contributed by atoms with E-state index >= 15 is 0 Å². The molecule has 1 saturated carbocycles. The van der Waals surface area contributed by atoms with Crippen LogP contribution >= 0.6 is 0 Å². The third-order valence-electron chi connectivity index (χ3n) is 2.68. The molecular weight excluding hydrogens is 158 g/mol. The predicted molar refractivity (Wildman–Crippen MR) is 41.9 cm³/mol. The van der Waals surface area contributed by atoms with Gasteiger partial charge in [-0.2, -0.15) is 0 Å². The normalized spacial score (nSPS) is 35.3. The highest BCUT2D eigenvalue weighted by molar-refractivity contribution is 5.72. The molecule has 4 heteroatoms. The quantitative estimate of drug-likeness (QED) is 0.619. The molecule has 4 nitrogen and oxygen atoms in total. The van der Waals surface area contributed by atoms with Crippen LogP contribution in [0.25, 0.3) is 0 Å². The molecule has 1 aliphatic heterocycles. The van der Waals surface area contributed by atoms with E-state index in [-0.39, 0.29) is 12.0 Å². The van der Waals surface area contributed by atoms with Gasteiger partial charge in [-0.1, -0.05) is 0 Å². The van der Waals surface area contributed by atoms with Crippen LogP contribution in [0, 0.1) is 5.92 Å². The fourth-order valence-corrected chi connectivity index (χ4v) is 1.63. The van der Waals surface area contributed by atoms with Gasteiger partial charge in [0, 0.05) is 6.04 Å². The minimum absolute atomic E-state index is 0.161. The summed E-state index contributed by atoms with van der Waals surface area (Å²) >= 11 is 0. The molecule has 0 aromatic carbocycles. The highest BCUT2D eigenvalue weighted by Crippen LogP contribution is 2.28. The molecule has 1 saturated heterocycles. The topological polar surface area (TPSA) is 58.6 Å². The van der Waals surface area contributed by atoms with Crippen LogP contribution in [0.3, 0.4) is 0 Å². The van der Waals surface area contributed by atoms with Crippen LogP contribution in [-0.4, -0.2) is 36.4 Å². The number of hydrogen-bond acceptors (Lipinski definition) is 3. The Hall–Kier alpha value is -0.610. The van der Waals surface area contributed by atoms with Crippen LogP contribution in [0.1, 0.15) is 12.8 Å². The summed E-state index contributed by atoms with van der Waals surface area (Å²) in [7, 11) is 0. The van der Waals surface area contributed by atoms with Crippen LogP contribution in [0.15, 0.2) is 0 Å². The number of hydrogen-bond donors (Lipinski definition) is 2. The van der Waals surface area contributed by atoms with Crippen molar-refractivity contribution in [3.05, 3.63) is 0 Å². The van der Waals surface area contributed by atoms with E-state index in [0.717, 1.165) is 26.1 Å². The highest BCUT2D eigenvalue weighted by Gasteiger charge is 2.38. The summed E-state index contributed by atoms with van der Waals surface area (Å²) in [5, 5.41) is 12.0. The first-order valence-corrected chi connectivity index (χ1v) is 4.34. The molecule has 2 atom stereocenters. The van der Waals surface area contributed by atoms with E-state index in [4.69, 9.17) is 9.84 Å². The lowest BCUT2D eigenvalue weighted by atomic mass is 9.79. The van der Waals surface area contributed by atoms with Crippen molar-refractivity contribution in [1.29, 1.82) is 0 Å². The van der Waals surface area contributed by atoms with E-state index in [1.54, 1.807) is 0 Å². The molecule has 12 heavy (non-hydrogen) atoms. The second-order valence-electron chi connectivity index (χ2n) is 3.53. The van der Waals surface area contributed by atoms with Crippen LogP contribution < -0.4 is 5.32 Å². The molecule has 2 N–H and O–H groups in total. The van der Waals surface area contributed by atoms with Crippen molar-refractivity contribution in [3.8, 4) is 0 Å². The Balaban J connectivity index is 1.76. The van der Waals surface area contributed by atoms with Crippen LogP contribution in [0.4, 0.5) is 0 Å². The Morgan fingerprint density at radius 1 is 1.42 bits per heavy atom.